The van der Waals surface area contributed by atoms with Gasteiger partial charge in [0, 0.05) is 12.8 Å². The average Bonchev–Trinajstić information content (AvgIpc) is 2.32. The normalized spacial score (nSPS) is 11.6. The molecule has 112 valence electrons. The highest BCUT2D eigenvalue weighted by molar-refractivity contribution is 14.0. The Hall–Kier alpha value is -1.09. The number of halogens is 1. The van der Waals surface area contributed by atoms with Gasteiger partial charge in [0.25, 0.3) is 0 Å². The summed E-state index contributed by atoms with van der Waals surface area (Å²) in [5.41, 5.74) is 7.27. The zero-order chi connectivity index (χ0) is 14.5. The fourth-order valence-electron chi connectivity index (χ4n) is 1.63. The smallest absolute Gasteiger partial charge is 0.189 e. The van der Waals surface area contributed by atoms with Crippen molar-refractivity contribution in [1.82, 2.24) is 5.32 Å². The number of rotatable bonds is 5. The summed E-state index contributed by atoms with van der Waals surface area (Å²) in [4.78, 5) is 4.50. The second-order valence-corrected chi connectivity index (χ2v) is 6.23. The van der Waals surface area contributed by atoms with Crippen LogP contribution in [0.15, 0.2) is 40.7 Å². The number of nitrogens with zero attached hydrogens (tertiary/aromatic N) is 1. The highest BCUT2D eigenvalue weighted by atomic mass is 127. The van der Waals surface area contributed by atoms with Gasteiger partial charge < -0.3 is 11.1 Å². The zero-order valence-corrected chi connectivity index (χ0v) is 14.7. The van der Waals surface area contributed by atoms with Crippen molar-refractivity contribution in [2.75, 3.05) is 12.8 Å². The van der Waals surface area contributed by atoms with Gasteiger partial charge in [0.2, 0.25) is 0 Å². The van der Waals surface area contributed by atoms with Crippen LogP contribution in [0.25, 0.3) is 0 Å². The number of hydrogen-bond acceptors (Lipinski definition) is 3. The summed E-state index contributed by atoms with van der Waals surface area (Å²) < 4.78 is 23.0. The molecule has 0 aliphatic heterocycles. The van der Waals surface area contributed by atoms with Crippen LogP contribution in [0.2, 0.25) is 0 Å². The Morgan fingerprint density at radius 2 is 2.15 bits per heavy atom. The summed E-state index contributed by atoms with van der Waals surface area (Å²) >= 11 is 0. The van der Waals surface area contributed by atoms with E-state index in [1.165, 1.54) is 6.26 Å². The molecule has 3 N–H and O–H groups in total. The lowest BCUT2D eigenvalue weighted by atomic mass is 10.1. The number of benzene rings is 1. The third kappa shape index (κ3) is 5.91. The molecule has 0 aromatic heterocycles. The SMILES string of the molecule is C=CCNC(N)=NCc1ccc(S(C)(=O)=O)c(C)c1.I. The lowest BCUT2D eigenvalue weighted by molar-refractivity contribution is 0.601. The highest BCUT2D eigenvalue weighted by Gasteiger charge is 2.10. The minimum atomic E-state index is -3.18. The lowest BCUT2D eigenvalue weighted by Gasteiger charge is -2.06. The number of nitrogens with two attached hydrogens (primary N) is 1. The molecule has 0 unspecified atom stereocenters. The van der Waals surface area contributed by atoms with Gasteiger partial charge in [-0.1, -0.05) is 18.2 Å². The molecule has 1 rings (SSSR count). The molecule has 1 aromatic rings. The first-order chi connectivity index (χ1) is 8.84. The predicted octanol–water partition coefficient (Wildman–Crippen LogP) is 1.61. The summed E-state index contributed by atoms with van der Waals surface area (Å²) in [5.74, 6) is 0.338. The van der Waals surface area contributed by atoms with Crippen LogP contribution < -0.4 is 11.1 Å². The number of nitrogens with one attached hydrogen (secondary N) is 1. The van der Waals surface area contributed by atoms with E-state index >= 15 is 0 Å². The summed E-state index contributed by atoms with van der Waals surface area (Å²) in [6.07, 6.45) is 2.89. The Bertz CT molecular complexity index is 598. The van der Waals surface area contributed by atoms with E-state index < -0.39 is 9.84 Å². The molecule has 5 nitrogen and oxygen atoms in total. The molecule has 0 radical (unpaired) electrons. The molecule has 0 heterocycles. The monoisotopic (exact) mass is 409 g/mol. The third-order valence-corrected chi connectivity index (χ3v) is 3.76. The second kappa shape index (κ2) is 8.25. The zero-order valence-electron chi connectivity index (χ0n) is 11.6. The number of sulfone groups is 1. The molecule has 0 bridgehead atoms. The Morgan fingerprint density at radius 1 is 1.50 bits per heavy atom. The maximum Gasteiger partial charge on any atom is 0.189 e. The minimum Gasteiger partial charge on any atom is -0.370 e. The summed E-state index contributed by atoms with van der Waals surface area (Å²) in [7, 11) is -3.18. The van der Waals surface area contributed by atoms with Crippen molar-refractivity contribution in [3.63, 3.8) is 0 Å². The number of hydrogen-bond donors (Lipinski definition) is 2. The topological polar surface area (TPSA) is 84.5 Å². The standard InChI is InChI=1S/C13H19N3O2S.HI/c1-4-7-15-13(14)16-9-11-5-6-12(10(2)8-11)19(3,17)18;/h4-6,8H,1,7,9H2,2-3H3,(H3,14,15,16);1H. The molecule has 0 fully saturated rings. The van der Waals surface area contributed by atoms with Crippen LogP contribution in [0.1, 0.15) is 11.1 Å². The van der Waals surface area contributed by atoms with E-state index in [4.69, 9.17) is 5.73 Å². The van der Waals surface area contributed by atoms with Crippen molar-refractivity contribution in [3.05, 3.63) is 42.0 Å². The van der Waals surface area contributed by atoms with Crippen LogP contribution in [0.3, 0.4) is 0 Å². The molecule has 0 aliphatic rings. The van der Waals surface area contributed by atoms with E-state index in [1.807, 2.05) is 0 Å². The van der Waals surface area contributed by atoms with Gasteiger partial charge in [0.05, 0.1) is 11.4 Å². The fraction of sp³-hybridized carbons (Fsp3) is 0.308. The van der Waals surface area contributed by atoms with Crippen LogP contribution in [-0.2, 0) is 16.4 Å². The molecule has 1 aromatic carbocycles. The molecule has 0 saturated carbocycles. The van der Waals surface area contributed by atoms with Crippen LogP contribution in [0.4, 0.5) is 0 Å². The molecule has 0 atom stereocenters. The van der Waals surface area contributed by atoms with Crippen LogP contribution in [0.5, 0.6) is 0 Å². The van der Waals surface area contributed by atoms with Gasteiger partial charge in [0.1, 0.15) is 0 Å². The molecule has 7 heteroatoms. The van der Waals surface area contributed by atoms with Crippen molar-refractivity contribution >= 4 is 39.8 Å². The van der Waals surface area contributed by atoms with Gasteiger partial charge >= 0.3 is 0 Å². The summed E-state index contributed by atoms with van der Waals surface area (Å²) in [5, 5.41) is 2.87. The van der Waals surface area contributed by atoms with Gasteiger partial charge in [0.15, 0.2) is 15.8 Å². The Balaban J connectivity index is 0.00000361. The van der Waals surface area contributed by atoms with Gasteiger partial charge in [-0.15, -0.1) is 30.6 Å². The third-order valence-electron chi connectivity index (χ3n) is 2.50. The minimum absolute atomic E-state index is 0. The Kier molecular flexibility index (Phi) is 7.80. The van der Waals surface area contributed by atoms with E-state index in [-0.39, 0.29) is 24.0 Å². The van der Waals surface area contributed by atoms with Crippen LogP contribution >= 0.6 is 24.0 Å². The summed E-state index contributed by atoms with van der Waals surface area (Å²) in [6, 6.07) is 5.15. The predicted molar refractivity (Wildman–Crippen MR) is 93.2 cm³/mol. The van der Waals surface area contributed by atoms with Crippen molar-refractivity contribution < 1.29 is 8.42 Å². The molecule has 0 saturated heterocycles. The highest BCUT2D eigenvalue weighted by Crippen LogP contribution is 2.17. The van der Waals surface area contributed by atoms with Gasteiger partial charge in [-0.3, -0.25) is 0 Å². The quantitative estimate of drug-likeness (QED) is 0.335. The van der Waals surface area contributed by atoms with Crippen LogP contribution in [-0.4, -0.2) is 27.2 Å². The molecule has 0 spiro atoms. The fourth-order valence-corrected chi connectivity index (χ4v) is 2.59. The lowest BCUT2D eigenvalue weighted by Crippen LogP contribution is -2.31. The van der Waals surface area contributed by atoms with Gasteiger partial charge in [-0.2, -0.15) is 0 Å². The molecular formula is C13H20IN3O2S. The first-order valence-electron chi connectivity index (χ1n) is 5.79. The maximum atomic E-state index is 11.5. The molecule has 20 heavy (non-hydrogen) atoms. The first-order valence-corrected chi connectivity index (χ1v) is 7.68. The van der Waals surface area contributed by atoms with E-state index in [0.717, 1.165) is 5.56 Å². The van der Waals surface area contributed by atoms with E-state index in [9.17, 15) is 8.42 Å². The maximum absolute atomic E-state index is 11.5. The van der Waals surface area contributed by atoms with Crippen molar-refractivity contribution in [2.45, 2.75) is 18.4 Å². The second-order valence-electron chi connectivity index (χ2n) is 4.24. The largest absolute Gasteiger partial charge is 0.370 e. The van der Waals surface area contributed by atoms with E-state index in [1.54, 1.807) is 31.2 Å². The van der Waals surface area contributed by atoms with Crippen molar-refractivity contribution in [3.8, 4) is 0 Å². The van der Waals surface area contributed by atoms with Crippen molar-refractivity contribution in [1.29, 1.82) is 0 Å². The molecule has 0 amide bonds. The van der Waals surface area contributed by atoms with Gasteiger partial charge in [-0.25, -0.2) is 13.4 Å². The molecule has 0 aliphatic carbocycles. The Labute approximate surface area is 137 Å². The Morgan fingerprint density at radius 3 is 2.65 bits per heavy atom. The van der Waals surface area contributed by atoms with Crippen molar-refractivity contribution in [2.24, 2.45) is 10.7 Å². The van der Waals surface area contributed by atoms with E-state index in [2.05, 4.69) is 16.9 Å². The number of aryl methyl sites for hydroxylation is 1. The average molecular weight is 409 g/mol. The van der Waals surface area contributed by atoms with Gasteiger partial charge in [-0.05, 0) is 24.1 Å². The first kappa shape index (κ1) is 18.9. The number of aliphatic imine (C=N–C) groups is 1. The van der Waals surface area contributed by atoms with Crippen LogP contribution in [0, 0.1) is 6.92 Å². The summed E-state index contributed by atoms with van der Waals surface area (Å²) in [6.45, 7) is 6.29. The van der Waals surface area contributed by atoms with E-state index in [0.29, 0.717) is 29.5 Å². The number of guanidine groups is 1. The molecular weight excluding hydrogens is 389 g/mol.